The van der Waals surface area contributed by atoms with Crippen molar-refractivity contribution < 1.29 is 28.5 Å². The van der Waals surface area contributed by atoms with Crippen LogP contribution in [0.4, 0.5) is 0 Å². The molecular formula is C25H29NO6S. The van der Waals surface area contributed by atoms with Gasteiger partial charge in [0.1, 0.15) is 6.61 Å². The van der Waals surface area contributed by atoms with Crippen molar-refractivity contribution in [2.24, 2.45) is 0 Å². The largest absolute Gasteiger partial charge is 0.493 e. The maximum Gasteiger partial charge on any atom is 0.254 e. The minimum atomic E-state index is -0.145. The average molecular weight is 472 g/mol. The number of thiophene rings is 1. The molecule has 0 radical (unpaired) electrons. The van der Waals surface area contributed by atoms with Gasteiger partial charge in [-0.3, -0.25) is 4.79 Å². The van der Waals surface area contributed by atoms with Crippen LogP contribution in [0.5, 0.6) is 28.7 Å². The smallest absolute Gasteiger partial charge is 0.254 e. The number of hydrogen-bond donors (Lipinski definition) is 0. The molecule has 0 bridgehead atoms. The highest BCUT2D eigenvalue weighted by molar-refractivity contribution is 7.09. The van der Waals surface area contributed by atoms with Gasteiger partial charge in [-0.05, 0) is 48.2 Å². The SMILES string of the molecule is CCN(Cc1ccc(OCc2cccs2)c(OC)c1)C(=O)c1cc(OC)c(OC)c(OC)c1. The van der Waals surface area contributed by atoms with E-state index in [1.54, 1.807) is 35.5 Å². The van der Waals surface area contributed by atoms with Crippen molar-refractivity contribution in [2.45, 2.75) is 20.1 Å². The Morgan fingerprint density at radius 2 is 1.58 bits per heavy atom. The summed E-state index contributed by atoms with van der Waals surface area (Å²) in [5.74, 6) is 2.46. The molecule has 0 fully saturated rings. The van der Waals surface area contributed by atoms with Crippen molar-refractivity contribution in [2.75, 3.05) is 35.0 Å². The molecular weight excluding hydrogens is 442 g/mol. The molecule has 0 unspecified atom stereocenters. The van der Waals surface area contributed by atoms with Gasteiger partial charge in [-0.2, -0.15) is 0 Å². The third kappa shape index (κ3) is 5.70. The molecule has 0 N–H and O–H groups in total. The lowest BCUT2D eigenvalue weighted by atomic mass is 10.1. The van der Waals surface area contributed by atoms with Crippen LogP contribution in [0, 0.1) is 0 Å². The quantitative estimate of drug-likeness (QED) is 0.391. The Bertz CT molecular complexity index is 1040. The zero-order valence-corrected chi connectivity index (χ0v) is 20.4. The molecule has 1 amide bonds. The number of ether oxygens (including phenoxy) is 5. The van der Waals surface area contributed by atoms with Crippen LogP contribution < -0.4 is 23.7 Å². The van der Waals surface area contributed by atoms with E-state index in [1.807, 2.05) is 42.6 Å². The lowest BCUT2D eigenvalue weighted by molar-refractivity contribution is 0.0751. The number of hydrogen-bond acceptors (Lipinski definition) is 7. The topological polar surface area (TPSA) is 66.5 Å². The first-order valence-electron chi connectivity index (χ1n) is 10.5. The van der Waals surface area contributed by atoms with Gasteiger partial charge in [0, 0.05) is 23.5 Å². The van der Waals surface area contributed by atoms with Gasteiger partial charge < -0.3 is 28.6 Å². The summed E-state index contributed by atoms with van der Waals surface area (Å²) in [6, 6.07) is 13.1. The maximum atomic E-state index is 13.3. The summed E-state index contributed by atoms with van der Waals surface area (Å²) in [6.45, 7) is 3.35. The Morgan fingerprint density at radius 1 is 0.879 bits per heavy atom. The predicted octanol–water partition coefficient (Wildman–Crippen LogP) is 5.02. The number of methoxy groups -OCH3 is 4. The second kappa shape index (κ2) is 11.5. The van der Waals surface area contributed by atoms with Crippen LogP contribution in [0.1, 0.15) is 27.7 Å². The fraction of sp³-hybridized carbons (Fsp3) is 0.320. The maximum absolute atomic E-state index is 13.3. The molecule has 1 heterocycles. The fourth-order valence-electron chi connectivity index (χ4n) is 3.41. The summed E-state index contributed by atoms with van der Waals surface area (Å²) < 4.78 is 27.6. The Balaban J connectivity index is 1.79. The van der Waals surface area contributed by atoms with Crippen LogP contribution in [0.3, 0.4) is 0 Å². The van der Waals surface area contributed by atoms with Gasteiger partial charge in [-0.15, -0.1) is 11.3 Å². The minimum Gasteiger partial charge on any atom is -0.493 e. The molecule has 3 aromatic rings. The summed E-state index contributed by atoms with van der Waals surface area (Å²) in [7, 11) is 6.19. The summed E-state index contributed by atoms with van der Waals surface area (Å²) >= 11 is 1.64. The summed E-state index contributed by atoms with van der Waals surface area (Å²) in [5.41, 5.74) is 1.38. The zero-order chi connectivity index (χ0) is 23.8. The van der Waals surface area contributed by atoms with E-state index >= 15 is 0 Å². The van der Waals surface area contributed by atoms with Crippen LogP contribution in [0.15, 0.2) is 47.8 Å². The van der Waals surface area contributed by atoms with Gasteiger partial charge in [0.05, 0.1) is 28.4 Å². The van der Waals surface area contributed by atoms with E-state index in [9.17, 15) is 4.79 Å². The van der Waals surface area contributed by atoms with Gasteiger partial charge >= 0.3 is 0 Å². The highest BCUT2D eigenvalue weighted by atomic mass is 32.1. The second-order valence-corrected chi connectivity index (χ2v) is 8.12. The van der Waals surface area contributed by atoms with E-state index in [2.05, 4.69) is 0 Å². The molecule has 0 aliphatic heterocycles. The minimum absolute atomic E-state index is 0.145. The molecule has 8 heteroatoms. The van der Waals surface area contributed by atoms with E-state index in [0.717, 1.165) is 10.4 Å². The van der Waals surface area contributed by atoms with E-state index in [1.165, 1.54) is 21.3 Å². The molecule has 0 aliphatic rings. The number of amides is 1. The lowest BCUT2D eigenvalue weighted by Crippen LogP contribution is -2.30. The van der Waals surface area contributed by atoms with Crippen LogP contribution in [-0.2, 0) is 13.2 Å². The Hall–Kier alpha value is -3.39. The van der Waals surface area contributed by atoms with Crippen molar-refractivity contribution in [3.63, 3.8) is 0 Å². The normalized spacial score (nSPS) is 10.5. The Labute approximate surface area is 198 Å². The molecule has 2 aromatic carbocycles. The standard InChI is InChI=1S/C25H29NO6S/c1-6-26(25(27)18-13-22(29-3)24(31-5)23(14-18)30-4)15-17-9-10-20(21(12-17)28-2)32-16-19-8-7-11-33-19/h7-14H,6,15-16H2,1-5H3. The number of benzene rings is 2. The monoisotopic (exact) mass is 471 g/mol. The van der Waals surface area contributed by atoms with Gasteiger partial charge in [-0.25, -0.2) is 0 Å². The lowest BCUT2D eigenvalue weighted by Gasteiger charge is -2.23. The first kappa shape index (κ1) is 24.3. The van der Waals surface area contributed by atoms with Crippen LogP contribution >= 0.6 is 11.3 Å². The molecule has 0 aliphatic carbocycles. The molecule has 176 valence electrons. The first-order chi connectivity index (χ1) is 16.0. The molecule has 33 heavy (non-hydrogen) atoms. The summed E-state index contributed by atoms with van der Waals surface area (Å²) in [6.07, 6.45) is 0. The molecule has 0 spiro atoms. The van der Waals surface area contributed by atoms with Gasteiger partial charge in [0.2, 0.25) is 5.75 Å². The number of rotatable bonds is 11. The highest BCUT2D eigenvalue weighted by Gasteiger charge is 2.21. The van der Waals surface area contributed by atoms with Crippen molar-refractivity contribution in [3.8, 4) is 28.7 Å². The Morgan fingerprint density at radius 3 is 2.12 bits per heavy atom. The van der Waals surface area contributed by atoms with Gasteiger partial charge in [0.15, 0.2) is 23.0 Å². The third-order valence-electron chi connectivity index (χ3n) is 5.13. The van der Waals surface area contributed by atoms with Gasteiger partial charge in [-0.1, -0.05) is 12.1 Å². The van der Waals surface area contributed by atoms with Crippen molar-refractivity contribution in [1.29, 1.82) is 0 Å². The molecule has 3 rings (SSSR count). The first-order valence-corrected chi connectivity index (χ1v) is 11.3. The Kier molecular flexibility index (Phi) is 8.43. The van der Waals surface area contributed by atoms with E-state index in [4.69, 9.17) is 23.7 Å². The third-order valence-corrected chi connectivity index (χ3v) is 5.98. The van der Waals surface area contributed by atoms with E-state index < -0.39 is 0 Å². The number of carbonyl (C=O) groups is 1. The van der Waals surface area contributed by atoms with Crippen molar-refractivity contribution in [3.05, 3.63) is 63.8 Å². The predicted molar refractivity (Wildman–Crippen MR) is 128 cm³/mol. The molecule has 0 saturated carbocycles. The van der Waals surface area contributed by atoms with Crippen LogP contribution in [0.25, 0.3) is 0 Å². The van der Waals surface area contributed by atoms with Gasteiger partial charge in [0.25, 0.3) is 5.91 Å². The van der Waals surface area contributed by atoms with E-state index in [0.29, 0.717) is 54.0 Å². The zero-order valence-electron chi connectivity index (χ0n) is 19.5. The van der Waals surface area contributed by atoms with E-state index in [-0.39, 0.29) is 5.91 Å². The molecule has 0 saturated heterocycles. The summed E-state index contributed by atoms with van der Waals surface area (Å²) in [4.78, 5) is 16.2. The summed E-state index contributed by atoms with van der Waals surface area (Å²) in [5, 5.41) is 2.02. The fourth-order valence-corrected chi connectivity index (χ4v) is 4.02. The van der Waals surface area contributed by atoms with Crippen LogP contribution in [-0.4, -0.2) is 45.8 Å². The van der Waals surface area contributed by atoms with Crippen molar-refractivity contribution in [1.82, 2.24) is 4.90 Å². The highest BCUT2D eigenvalue weighted by Crippen LogP contribution is 2.38. The molecule has 1 aromatic heterocycles. The van der Waals surface area contributed by atoms with Crippen molar-refractivity contribution >= 4 is 17.2 Å². The number of nitrogens with zero attached hydrogens (tertiary/aromatic N) is 1. The van der Waals surface area contributed by atoms with Crippen LogP contribution in [0.2, 0.25) is 0 Å². The molecule has 7 nitrogen and oxygen atoms in total. The number of carbonyl (C=O) groups excluding carboxylic acids is 1. The molecule has 0 atom stereocenters. The second-order valence-electron chi connectivity index (χ2n) is 7.09. The average Bonchev–Trinajstić information content (AvgIpc) is 3.38.